The number of thiazole rings is 1. The van der Waals surface area contributed by atoms with Gasteiger partial charge in [-0.1, -0.05) is 13.3 Å². The van der Waals surface area contributed by atoms with Gasteiger partial charge in [0, 0.05) is 23.0 Å². The van der Waals surface area contributed by atoms with Crippen LogP contribution in [0, 0.1) is 12.8 Å². The van der Waals surface area contributed by atoms with Gasteiger partial charge in [-0.15, -0.1) is 11.3 Å². The zero-order valence-electron chi connectivity index (χ0n) is 8.92. The minimum absolute atomic E-state index is 0.0406. The van der Waals surface area contributed by atoms with Crippen molar-refractivity contribution in [2.24, 2.45) is 11.7 Å². The fraction of sp³-hybridized carbons (Fsp3) is 0.727. The van der Waals surface area contributed by atoms with Crippen LogP contribution in [0.2, 0.25) is 0 Å². The number of hydrogen-bond donors (Lipinski definition) is 1. The fourth-order valence-corrected chi connectivity index (χ4v) is 3.28. The normalized spacial score (nSPS) is 32.4. The predicted octanol–water partition coefficient (Wildman–Crippen LogP) is 2.51. The Balaban J connectivity index is 2.10. The molecule has 0 saturated heterocycles. The molecule has 78 valence electrons. The highest BCUT2D eigenvalue weighted by atomic mass is 32.1. The van der Waals surface area contributed by atoms with Crippen LogP contribution in [0.25, 0.3) is 0 Å². The first-order chi connectivity index (χ1) is 6.60. The van der Waals surface area contributed by atoms with Crippen LogP contribution in [0.5, 0.6) is 0 Å². The average Bonchev–Trinajstić information content (AvgIpc) is 2.62. The van der Waals surface area contributed by atoms with Crippen LogP contribution in [-0.2, 0) is 6.42 Å². The van der Waals surface area contributed by atoms with E-state index < -0.39 is 0 Å². The van der Waals surface area contributed by atoms with Crippen molar-refractivity contribution >= 4 is 11.3 Å². The molecule has 2 nitrogen and oxygen atoms in total. The average molecular weight is 210 g/mol. The van der Waals surface area contributed by atoms with Gasteiger partial charge in [0.1, 0.15) is 0 Å². The number of nitrogens with zero attached hydrogens (tertiary/aromatic N) is 1. The van der Waals surface area contributed by atoms with Gasteiger partial charge in [-0.25, -0.2) is 4.98 Å². The Bertz CT molecular complexity index is 321. The molecule has 0 amide bonds. The van der Waals surface area contributed by atoms with Crippen molar-refractivity contribution in [1.29, 1.82) is 0 Å². The van der Waals surface area contributed by atoms with E-state index in [1.54, 1.807) is 11.3 Å². The number of aromatic nitrogens is 1. The Morgan fingerprint density at radius 1 is 1.71 bits per heavy atom. The quantitative estimate of drug-likeness (QED) is 0.814. The van der Waals surface area contributed by atoms with Crippen molar-refractivity contribution in [2.75, 3.05) is 0 Å². The maximum absolute atomic E-state index is 6.42. The molecule has 2 unspecified atom stereocenters. The third-order valence-corrected chi connectivity index (χ3v) is 4.35. The van der Waals surface area contributed by atoms with Crippen molar-refractivity contribution in [2.45, 2.75) is 45.1 Å². The van der Waals surface area contributed by atoms with Gasteiger partial charge in [0.25, 0.3) is 0 Å². The number of aryl methyl sites for hydroxylation is 1. The number of rotatable bonds is 2. The summed E-state index contributed by atoms with van der Waals surface area (Å²) in [6.45, 7) is 4.33. The van der Waals surface area contributed by atoms with Crippen molar-refractivity contribution in [1.82, 2.24) is 4.98 Å². The van der Waals surface area contributed by atoms with Gasteiger partial charge in [0.15, 0.2) is 0 Å². The summed E-state index contributed by atoms with van der Waals surface area (Å²) in [5, 5.41) is 1.15. The molecule has 1 aromatic heterocycles. The first-order valence-electron chi connectivity index (χ1n) is 5.30. The van der Waals surface area contributed by atoms with Crippen LogP contribution in [0.3, 0.4) is 0 Å². The van der Waals surface area contributed by atoms with Gasteiger partial charge < -0.3 is 5.73 Å². The molecule has 0 bridgehead atoms. The van der Waals surface area contributed by atoms with Gasteiger partial charge in [0.05, 0.1) is 5.01 Å². The topological polar surface area (TPSA) is 38.9 Å². The van der Waals surface area contributed by atoms with Crippen LogP contribution in [-0.4, -0.2) is 10.5 Å². The molecule has 2 atom stereocenters. The van der Waals surface area contributed by atoms with Crippen molar-refractivity contribution in [3.8, 4) is 0 Å². The molecule has 1 aliphatic carbocycles. The Labute approximate surface area is 89.5 Å². The first kappa shape index (κ1) is 10.1. The molecule has 1 aliphatic rings. The number of nitrogens with two attached hydrogens (primary N) is 1. The minimum atomic E-state index is 0.0406. The molecule has 1 aromatic rings. The second-order valence-electron chi connectivity index (χ2n) is 4.55. The Morgan fingerprint density at radius 2 is 2.50 bits per heavy atom. The highest BCUT2D eigenvalue weighted by molar-refractivity contribution is 7.11. The van der Waals surface area contributed by atoms with Crippen molar-refractivity contribution in [3.05, 3.63) is 16.1 Å². The van der Waals surface area contributed by atoms with Gasteiger partial charge in [-0.05, 0) is 25.7 Å². The molecular formula is C11H18N2S. The fourth-order valence-electron chi connectivity index (χ4n) is 2.35. The standard InChI is InChI=1S/C11H18N2S/c1-8-4-3-5-11(8,12)6-10-7-13-9(2)14-10/h7-8H,3-6,12H2,1-2H3. The van der Waals surface area contributed by atoms with Gasteiger partial charge in [0.2, 0.25) is 0 Å². The molecule has 0 aliphatic heterocycles. The summed E-state index contributed by atoms with van der Waals surface area (Å²) in [7, 11) is 0. The Morgan fingerprint density at radius 3 is 3.00 bits per heavy atom. The van der Waals surface area contributed by atoms with E-state index in [4.69, 9.17) is 5.73 Å². The zero-order valence-corrected chi connectivity index (χ0v) is 9.73. The van der Waals surface area contributed by atoms with Crippen LogP contribution in [0.15, 0.2) is 6.20 Å². The highest BCUT2D eigenvalue weighted by Gasteiger charge is 2.36. The lowest BCUT2D eigenvalue weighted by molar-refractivity contribution is 0.338. The van der Waals surface area contributed by atoms with Crippen LogP contribution in [0.4, 0.5) is 0 Å². The van der Waals surface area contributed by atoms with E-state index in [2.05, 4.69) is 18.8 Å². The van der Waals surface area contributed by atoms with E-state index in [1.807, 2.05) is 6.20 Å². The largest absolute Gasteiger partial charge is 0.325 e. The van der Waals surface area contributed by atoms with Crippen molar-refractivity contribution in [3.63, 3.8) is 0 Å². The lowest BCUT2D eigenvalue weighted by atomic mass is 9.86. The van der Waals surface area contributed by atoms with E-state index in [0.717, 1.165) is 11.4 Å². The van der Waals surface area contributed by atoms with Crippen LogP contribution in [0.1, 0.15) is 36.1 Å². The summed E-state index contributed by atoms with van der Waals surface area (Å²) in [5.74, 6) is 0.657. The molecular weight excluding hydrogens is 192 g/mol. The van der Waals surface area contributed by atoms with E-state index in [0.29, 0.717) is 5.92 Å². The van der Waals surface area contributed by atoms with E-state index >= 15 is 0 Å². The van der Waals surface area contributed by atoms with Gasteiger partial charge in [-0.2, -0.15) is 0 Å². The molecule has 0 radical (unpaired) electrons. The lowest BCUT2D eigenvalue weighted by Crippen LogP contribution is -2.44. The molecule has 2 N–H and O–H groups in total. The summed E-state index contributed by atoms with van der Waals surface area (Å²) < 4.78 is 0. The summed E-state index contributed by atoms with van der Waals surface area (Å²) in [4.78, 5) is 5.62. The monoisotopic (exact) mass is 210 g/mol. The predicted molar refractivity (Wildman–Crippen MR) is 60.5 cm³/mol. The molecule has 1 heterocycles. The van der Waals surface area contributed by atoms with Gasteiger partial charge in [-0.3, -0.25) is 0 Å². The zero-order chi connectivity index (χ0) is 10.2. The second kappa shape index (κ2) is 3.63. The smallest absolute Gasteiger partial charge is 0.0896 e. The summed E-state index contributed by atoms with van der Waals surface area (Å²) in [5.41, 5.74) is 6.46. The minimum Gasteiger partial charge on any atom is -0.325 e. The second-order valence-corrected chi connectivity index (χ2v) is 5.87. The van der Waals surface area contributed by atoms with Crippen LogP contribution < -0.4 is 5.73 Å². The van der Waals surface area contributed by atoms with E-state index in [1.165, 1.54) is 24.1 Å². The molecule has 14 heavy (non-hydrogen) atoms. The van der Waals surface area contributed by atoms with Gasteiger partial charge >= 0.3 is 0 Å². The lowest BCUT2D eigenvalue weighted by Gasteiger charge is -2.28. The van der Waals surface area contributed by atoms with E-state index in [9.17, 15) is 0 Å². The van der Waals surface area contributed by atoms with Crippen LogP contribution >= 0.6 is 11.3 Å². The summed E-state index contributed by atoms with van der Waals surface area (Å²) in [6, 6.07) is 0. The highest BCUT2D eigenvalue weighted by Crippen LogP contribution is 2.36. The molecule has 3 heteroatoms. The Kier molecular flexibility index (Phi) is 2.62. The third kappa shape index (κ3) is 1.84. The summed E-state index contributed by atoms with van der Waals surface area (Å²) in [6.07, 6.45) is 6.74. The third-order valence-electron chi connectivity index (χ3n) is 3.43. The maximum atomic E-state index is 6.42. The SMILES string of the molecule is Cc1ncc(CC2(N)CCCC2C)s1. The molecule has 0 spiro atoms. The van der Waals surface area contributed by atoms with E-state index in [-0.39, 0.29) is 5.54 Å². The van der Waals surface area contributed by atoms with Crippen molar-refractivity contribution < 1.29 is 0 Å². The molecule has 1 saturated carbocycles. The number of hydrogen-bond acceptors (Lipinski definition) is 3. The molecule has 0 aromatic carbocycles. The maximum Gasteiger partial charge on any atom is 0.0896 e. The molecule has 1 fully saturated rings. The molecule has 2 rings (SSSR count). The first-order valence-corrected chi connectivity index (χ1v) is 6.12. The Hall–Kier alpha value is -0.410. The summed E-state index contributed by atoms with van der Waals surface area (Å²) >= 11 is 1.78.